The Morgan fingerprint density at radius 3 is 2.46 bits per heavy atom. The van der Waals surface area contributed by atoms with Gasteiger partial charge in [0, 0.05) is 11.6 Å². The molecule has 4 heteroatoms. The van der Waals surface area contributed by atoms with E-state index in [1.165, 1.54) is 11.4 Å². The first kappa shape index (κ1) is 11.2. The molecule has 72 valence electrons. The summed E-state index contributed by atoms with van der Waals surface area (Å²) in [4.78, 5) is 1.09. The molecule has 0 aliphatic heterocycles. The van der Waals surface area contributed by atoms with Crippen LogP contribution in [0.4, 0.5) is 0 Å². The average molecular weight is 232 g/mol. The highest BCUT2D eigenvalue weighted by Crippen LogP contribution is 2.68. The first-order chi connectivity index (χ1) is 6.14. The molecule has 1 nitrogen and oxygen atoms in total. The molecule has 1 atom stereocenters. The van der Waals surface area contributed by atoms with Crippen LogP contribution in [0.1, 0.15) is 6.92 Å². The zero-order chi connectivity index (χ0) is 9.73. The van der Waals surface area contributed by atoms with E-state index in [1.54, 1.807) is 11.4 Å². The second kappa shape index (κ2) is 5.14. The minimum Gasteiger partial charge on any atom is -0.300 e. The van der Waals surface area contributed by atoms with Gasteiger partial charge in [-0.2, -0.15) is 0 Å². The molecule has 1 aromatic rings. The van der Waals surface area contributed by atoms with Crippen LogP contribution in [0.2, 0.25) is 0 Å². The predicted molar refractivity (Wildman–Crippen MR) is 64.0 cm³/mol. The molecule has 0 spiro atoms. The van der Waals surface area contributed by atoms with Crippen molar-refractivity contribution in [2.45, 2.75) is 11.8 Å². The Kier molecular flexibility index (Phi) is 4.43. The lowest BCUT2D eigenvalue weighted by Gasteiger charge is -2.09. The summed E-state index contributed by atoms with van der Waals surface area (Å²) < 4.78 is 11.9. The lowest BCUT2D eigenvalue weighted by molar-refractivity contribution is 0.597. The third-order valence-corrected chi connectivity index (χ3v) is 8.35. The van der Waals surface area contributed by atoms with Crippen molar-refractivity contribution < 1.29 is 4.57 Å². The molecule has 1 aromatic carbocycles. The monoisotopic (exact) mass is 232 g/mol. The molecule has 0 aromatic heterocycles. The molecule has 0 N–H and O–H groups in total. The Labute approximate surface area is 87.6 Å². The van der Waals surface area contributed by atoms with Gasteiger partial charge in [0.2, 0.25) is 0 Å². The molecular weight excluding hydrogens is 219 g/mol. The maximum atomic E-state index is 11.9. The molecule has 13 heavy (non-hydrogen) atoms. The van der Waals surface area contributed by atoms with Gasteiger partial charge in [-0.25, -0.2) is 0 Å². The van der Waals surface area contributed by atoms with Gasteiger partial charge in [-0.3, -0.25) is 0 Å². The topological polar surface area (TPSA) is 17.1 Å². The fourth-order valence-electron chi connectivity index (χ4n) is 0.934. The van der Waals surface area contributed by atoms with Gasteiger partial charge in [-0.05, 0) is 17.9 Å². The lowest BCUT2D eigenvalue weighted by Crippen LogP contribution is -1.71. The predicted octanol–water partition coefficient (Wildman–Crippen LogP) is 4.35. The number of hydrogen-bond donors (Lipinski definition) is 0. The molecule has 0 saturated heterocycles. The van der Waals surface area contributed by atoms with Crippen LogP contribution in [-0.2, 0) is 4.57 Å². The van der Waals surface area contributed by atoms with E-state index in [4.69, 9.17) is 0 Å². The Bertz CT molecular complexity index is 300. The Hall–Kier alpha value is 0.150. The summed E-state index contributed by atoms with van der Waals surface area (Å²) in [7, 11) is 0. The van der Waals surface area contributed by atoms with Crippen molar-refractivity contribution in [3.8, 4) is 0 Å². The second-order valence-electron chi connectivity index (χ2n) is 2.59. The molecule has 0 amide bonds. The van der Waals surface area contributed by atoms with Crippen molar-refractivity contribution in [1.29, 1.82) is 0 Å². The van der Waals surface area contributed by atoms with E-state index in [9.17, 15) is 4.57 Å². The first-order valence-electron chi connectivity index (χ1n) is 4.11. The molecule has 0 saturated carbocycles. The molecule has 0 fully saturated rings. The van der Waals surface area contributed by atoms with Crippen LogP contribution >= 0.6 is 28.3 Å². The molecule has 0 aliphatic carbocycles. The largest absolute Gasteiger partial charge is 0.300 e. The molecule has 0 bridgehead atoms. The Balaban J connectivity index is 2.64. The third kappa shape index (κ3) is 4.26. The van der Waals surface area contributed by atoms with E-state index >= 15 is 0 Å². The molecule has 1 rings (SSSR count). The van der Waals surface area contributed by atoms with Gasteiger partial charge >= 0.3 is 0 Å². The van der Waals surface area contributed by atoms with Gasteiger partial charge in [0.1, 0.15) is 0 Å². The summed E-state index contributed by atoms with van der Waals surface area (Å²) in [6.45, 7) is 3.87. The van der Waals surface area contributed by atoms with E-state index < -0.39 is 5.55 Å². The molecule has 0 heterocycles. The zero-order valence-electron chi connectivity index (χ0n) is 7.77. The quantitative estimate of drug-likeness (QED) is 0.718. The van der Waals surface area contributed by atoms with Crippen LogP contribution in [-0.4, -0.2) is 12.4 Å². The van der Waals surface area contributed by atoms with Crippen LogP contribution < -0.4 is 0 Å². The van der Waals surface area contributed by atoms with Crippen molar-refractivity contribution in [1.82, 2.24) is 0 Å². The van der Waals surface area contributed by atoms with Crippen LogP contribution in [0.5, 0.6) is 0 Å². The summed E-state index contributed by atoms with van der Waals surface area (Å²) in [6, 6.07) is 9.91. The van der Waals surface area contributed by atoms with E-state index in [1.807, 2.05) is 43.9 Å². The van der Waals surface area contributed by atoms with Crippen molar-refractivity contribution in [2.24, 2.45) is 0 Å². The SMILES string of the molecule is CCSP(C)(=O)Sc1ccccc1. The molecular formula is C9H13OPS2. The minimum atomic E-state index is -2.08. The maximum Gasteiger partial charge on any atom is 0.192 e. The molecule has 0 aliphatic rings. The lowest BCUT2D eigenvalue weighted by atomic mass is 10.4. The normalized spacial score (nSPS) is 15.2. The highest BCUT2D eigenvalue weighted by atomic mass is 33.1. The Morgan fingerprint density at radius 2 is 1.92 bits per heavy atom. The molecule has 1 unspecified atom stereocenters. The first-order valence-corrected chi connectivity index (χ1v) is 9.27. The van der Waals surface area contributed by atoms with E-state index in [0.717, 1.165) is 10.6 Å². The third-order valence-electron chi connectivity index (χ3n) is 1.38. The van der Waals surface area contributed by atoms with Gasteiger partial charge in [0.15, 0.2) is 5.55 Å². The van der Waals surface area contributed by atoms with Crippen LogP contribution in [0.3, 0.4) is 0 Å². The standard InChI is InChI=1S/C9H13OPS2/c1-3-12-11(2,10)13-9-7-5-4-6-8-9/h4-8H,3H2,1-2H3. The highest BCUT2D eigenvalue weighted by molar-refractivity contribution is 8.90. The van der Waals surface area contributed by atoms with Crippen LogP contribution in [0, 0.1) is 0 Å². The van der Waals surface area contributed by atoms with E-state index in [2.05, 4.69) is 0 Å². The fraction of sp³-hybridized carbons (Fsp3) is 0.333. The van der Waals surface area contributed by atoms with Gasteiger partial charge in [0.05, 0.1) is 0 Å². The average Bonchev–Trinajstić information content (AvgIpc) is 2.04. The number of benzene rings is 1. The van der Waals surface area contributed by atoms with Crippen LogP contribution in [0.15, 0.2) is 35.2 Å². The second-order valence-corrected chi connectivity index (χ2v) is 11.8. The Morgan fingerprint density at radius 1 is 1.31 bits per heavy atom. The van der Waals surface area contributed by atoms with Gasteiger partial charge in [0.25, 0.3) is 0 Å². The van der Waals surface area contributed by atoms with E-state index in [-0.39, 0.29) is 0 Å². The summed E-state index contributed by atoms with van der Waals surface area (Å²) >= 11 is 3.04. The highest BCUT2D eigenvalue weighted by Gasteiger charge is 2.15. The van der Waals surface area contributed by atoms with Gasteiger partial charge < -0.3 is 4.57 Å². The number of rotatable bonds is 4. The smallest absolute Gasteiger partial charge is 0.192 e. The number of hydrogen-bond acceptors (Lipinski definition) is 3. The zero-order valence-corrected chi connectivity index (χ0v) is 10.3. The molecule has 0 radical (unpaired) electrons. The van der Waals surface area contributed by atoms with Crippen molar-refractivity contribution in [2.75, 3.05) is 12.4 Å². The van der Waals surface area contributed by atoms with Gasteiger partial charge in [-0.1, -0.05) is 47.9 Å². The van der Waals surface area contributed by atoms with Crippen LogP contribution in [0.25, 0.3) is 0 Å². The fourth-order valence-corrected chi connectivity index (χ4v) is 7.39. The minimum absolute atomic E-state index is 0.910. The van der Waals surface area contributed by atoms with E-state index in [0.29, 0.717) is 0 Å². The van der Waals surface area contributed by atoms with Crippen molar-refractivity contribution in [3.05, 3.63) is 30.3 Å². The summed E-state index contributed by atoms with van der Waals surface area (Å²) in [5.74, 6) is 0.910. The summed E-state index contributed by atoms with van der Waals surface area (Å²) in [5, 5.41) is 0. The maximum absolute atomic E-state index is 11.9. The van der Waals surface area contributed by atoms with Gasteiger partial charge in [-0.15, -0.1) is 0 Å². The summed E-state index contributed by atoms with van der Waals surface area (Å²) in [6.07, 6.45) is 0. The van der Waals surface area contributed by atoms with Crippen molar-refractivity contribution >= 4 is 28.3 Å². The summed E-state index contributed by atoms with van der Waals surface area (Å²) in [5.41, 5.74) is -2.08. The van der Waals surface area contributed by atoms with Crippen molar-refractivity contribution in [3.63, 3.8) is 0 Å².